The van der Waals surface area contributed by atoms with Crippen LogP contribution in [0, 0.1) is 28.1 Å². The Kier molecular flexibility index (Phi) is 5.65. The van der Waals surface area contributed by atoms with Crippen molar-refractivity contribution < 1.29 is 0 Å². The van der Waals surface area contributed by atoms with Crippen molar-refractivity contribution in [3.63, 3.8) is 0 Å². The van der Waals surface area contributed by atoms with Gasteiger partial charge in [0.1, 0.15) is 0 Å². The summed E-state index contributed by atoms with van der Waals surface area (Å²) < 4.78 is 0. The molecule has 1 aliphatic rings. The van der Waals surface area contributed by atoms with Crippen LogP contribution in [0.5, 0.6) is 0 Å². The Morgan fingerprint density at radius 1 is 1.26 bits per heavy atom. The van der Waals surface area contributed by atoms with Crippen molar-refractivity contribution in [3.8, 4) is 6.07 Å². The van der Waals surface area contributed by atoms with E-state index in [0.29, 0.717) is 17.8 Å². The van der Waals surface area contributed by atoms with Crippen LogP contribution in [0.1, 0.15) is 79.1 Å². The molecule has 19 heavy (non-hydrogen) atoms. The fraction of sp³-hybridized carbons (Fsp3) is 0.833. The van der Waals surface area contributed by atoms with Gasteiger partial charge in [-0.2, -0.15) is 5.26 Å². The molecular formula is C18H31N. The van der Waals surface area contributed by atoms with Gasteiger partial charge in [0.15, 0.2) is 0 Å². The van der Waals surface area contributed by atoms with Crippen LogP contribution in [0.25, 0.3) is 0 Å². The average molecular weight is 261 g/mol. The minimum atomic E-state index is 0.172. The lowest BCUT2D eigenvalue weighted by molar-refractivity contribution is 0.0181. The van der Waals surface area contributed by atoms with Gasteiger partial charge < -0.3 is 0 Å². The number of hydrogen-bond acceptors (Lipinski definition) is 1. The molecule has 0 aromatic heterocycles. The maximum atomic E-state index is 9.00. The van der Waals surface area contributed by atoms with Crippen molar-refractivity contribution in [2.75, 3.05) is 0 Å². The standard InChI is InChI=1S/C18H31N/c1-6-7-8-10-16-17(3,4)12-9-13-18(16,5)15(2)11-14-19/h16H,2,6-13H2,1,3-5H3. The van der Waals surface area contributed by atoms with Gasteiger partial charge in [0.25, 0.3) is 0 Å². The molecule has 0 saturated heterocycles. The predicted molar refractivity (Wildman–Crippen MR) is 82.7 cm³/mol. The molecule has 2 unspecified atom stereocenters. The summed E-state index contributed by atoms with van der Waals surface area (Å²) in [6.45, 7) is 13.7. The molecule has 1 rings (SSSR count). The van der Waals surface area contributed by atoms with Gasteiger partial charge in [-0.3, -0.25) is 0 Å². The molecule has 2 atom stereocenters. The number of hydrogen-bond donors (Lipinski definition) is 0. The molecule has 1 fully saturated rings. The molecule has 1 heteroatoms. The Morgan fingerprint density at radius 3 is 2.53 bits per heavy atom. The second-order valence-electron chi connectivity index (χ2n) is 7.25. The summed E-state index contributed by atoms with van der Waals surface area (Å²) in [7, 11) is 0. The Balaban J connectivity index is 2.91. The van der Waals surface area contributed by atoms with E-state index in [1.165, 1.54) is 50.5 Å². The number of rotatable bonds is 6. The Hall–Kier alpha value is -0.770. The number of nitrogens with zero attached hydrogens (tertiary/aromatic N) is 1. The van der Waals surface area contributed by atoms with Crippen LogP contribution >= 0.6 is 0 Å². The van der Waals surface area contributed by atoms with Gasteiger partial charge in [0.2, 0.25) is 0 Å². The highest BCUT2D eigenvalue weighted by molar-refractivity contribution is 5.18. The summed E-state index contributed by atoms with van der Waals surface area (Å²) in [6.07, 6.45) is 9.56. The molecule has 1 aliphatic carbocycles. The van der Waals surface area contributed by atoms with Gasteiger partial charge in [-0.25, -0.2) is 0 Å². The third kappa shape index (κ3) is 3.62. The molecular weight excluding hydrogens is 230 g/mol. The first-order chi connectivity index (χ1) is 8.88. The lowest BCUT2D eigenvalue weighted by Crippen LogP contribution is -2.43. The first kappa shape index (κ1) is 16.3. The van der Waals surface area contributed by atoms with E-state index in [2.05, 4.69) is 40.3 Å². The molecule has 108 valence electrons. The van der Waals surface area contributed by atoms with Crippen molar-refractivity contribution in [2.45, 2.75) is 79.1 Å². The predicted octanol–water partition coefficient (Wildman–Crippen LogP) is 5.87. The highest BCUT2D eigenvalue weighted by Gasteiger charge is 2.46. The molecule has 1 saturated carbocycles. The molecule has 0 N–H and O–H groups in total. The zero-order chi connectivity index (χ0) is 14.5. The molecule has 1 nitrogen and oxygen atoms in total. The molecule has 0 heterocycles. The lowest BCUT2D eigenvalue weighted by atomic mass is 9.53. The van der Waals surface area contributed by atoms with Gasteiger partial charge in [0, 0.05) is 0 Å². The van der Waals surface area contributed by atoms with E-state index in [9.17, 15) is 0 Å². The monoisotopic (exact) mass is 261 g/mol. The summed E-state index contributed by atoms with van der Waals surface area (Å²) in [4.78, 5) is 0. The van der Waals surface area contributed by atoms with Crippen LogP contribution in [0.4, 0.5) is 0 Å². The first-order valence-corrected chi connectivity index (χ1v) is 7.93. The molecule has 0 radical (unpaired) electrons. The van der Waals surface area contributed by atoms with Gasteiger partial charge >= 0.3 is 0 Å². The first-order valence-electron chi connectivity index (χ1n) is 7.93. The molecule has 0 aromatic carbocycles. The van der Waals surface area contributed by atoms with Gasteiger partial charge in [-0.15, -0.1) is 0 Å². The fourth-order valence-electron chi connectivity index (χ4n) is 4.15. The van der Waals surface area contributed by atoms with Gasteiger partial charge in [-0.1, -0.05) is 65.5 Å². The average Bonchev–Trinajstić information content (AvgIpc) is 2.33. The van der Waals surface area contributed by atoms with Crippen LogP contribution < -0.4 is 0 Å². The molecule has 0 amide bonds. The molecule has 0 bridgehead atoms. The Morgan fingerprint density at radius 2 is 1.95 bits per heavy atom. The normalized spacial score (nSPS) is 29.7. The van der Waals surface area contributed by atoms with E-state index < -0.39 is 0 Å². The number of unbranched alkanes of at least 4 members (excludes halogenated alkanes) is 2. The fourth-order valence-corrected chi connectivity index (χ4v) is 4.15. The third-order valence-corrected chi connectivity index (χ3v) is 5.43. The summed E-state index contributed by atoms with van der Waals surface area (Å²) >= 11 is 0. The zero-order valence-corrected chi connectivity index (χ0v) is 13.4. The van der Waals surface area contributed by atoms with E-state index in [4.69, 9.17) is 5.26 Å². The quantitative estimate of drug-likeness (QED) is 0.433. The van der Waals surface area contributed by atoms with Crippen LogP contribution in [0.3, 0.4) is 0 Å². The smallest absolute Gasteiger partial charge is 0.0666 e. The van der Waals surface area contributed by atoms with Crippen LogP contribution in [0.15, 0.2) is 12.2 Å². The summed E-state index contributed by atoms with van der Waals surface area (Å²) in [5.74, 6) is 0.682. The Labute approximate surface area is 120 Å². The van der Waals surface area contributed by atoms with Crippen molar-refractivity contribution in [3.05, 3.63) is 12.2 Å². The van der Waals surface area contributed by atoms with Crippen molar-refractivity contribution in [1.29, 1.82) is 5.26 Å². The Bertz CT molecular complexity index is 347. The minimum absolute atomic E-state index is 0.172. The summed E-state index contributed by atoms with van der Waals surface area (Å²) in [5.41, 5.74) is 1.73. The van der Waals surface area contributed by atoms with E-state index in [0.717, 1.165) is 0 Å². The maximum Gasteiger partial charge on any atom is 0.0666 e. The second-order valence-corrected chi connectivity index (χ2v) is 7.25. The number of allylic oxidation sites excluding steroid dienone is 1. The molecule has 0 aromatic rings. The van der Waals surface area contributed by atoms with E-state index in [-0.39, 0.29) is 5.41 Å². The van der Waals surface area contributed by atoms with Crippen LogP contribution in [-0.4, -0.2) is 0 Å². The van der Waals surface area contributed by atoms with Crippen LogP contribution in [-0.2, 0) is 0 Å². The molecule has 0 aliphatic heterocycles. The van der Waals surface area contributed by atoms with Crippen molar-refractivity contribution in [1.82, 2.24) is 0 Å². The van der Waals surface area contributed by atoms with E-state index >= 15 is 0 Å². The minimum Gasteiger partial charge on any atom is -0.198 e. The lowest BCUT2D eigenvalue weighted by Gasteiger charge is -2.52. The highest BCUT2D eigenvalue weighted by Crippen LogP contribution is 2.56. The highest BCUT2D eigenvalue weighted by atomic mass is 14.5. The van der Waals surface area contributed by atoms with Gasteiger partial charge in [-0.05, 0) is 36.0 Å². The van der Waals surface area contributed by atoms with Crippen LogP contribution in [0.2, 0.25) is 0 Å². The summed E-state index contributed by atoms with van der Waals surface area (Å²) in [6, 6.07) is 2.31. The van der Waals surface area contributed by atoms with Gasteiger partial charge in [0.05, 0.1) is 12.5 Å². The van der Waals surface area contributed by atoms with Crippen molar-refractivity contribution >= 4 is 0 Å². The largest absolute Gasteiger partial charge is 0.198 e. The van der Waals surface area contributed by atoms with Crippen molar-refractivity contribution in [2.24, 2.45) is 16.7 Å². The summed E-state index contributed by atoms with van der Waals surface area (Å²) in [5, 5.41) is 9.00. The van der Waals surface area contributed by atoms with E-state index in [1.54, 1.807) is 0 Å². The topological polar surface area (TPSA) is 23.8 Å². The van der Waals surface area contributed by atoms with E-state index in [1.807, 2.05) is 0 Å². The molecule has 0 spiro atoms. The number of nitriles is 1. The zero-order valence-electron chi connectivity index (χ0n) is 13.4. The third-order valence-electron chi connectivity index (χ3n) is 5.43. The second kappa shape index (κ2) is 6.60. The SMILES string of the molecule is C=C(CC#N)C1(C)CCCC(C)(C)C1CCCCC. The maximum absolute atomic E-state index is 9.00.